The van der Waals surface area contributed by atoms with Gasteiger partial charge in [-0.15, -0.1) is 10.2 Å². The van der Waals surface area contributed by atoms with Gasteiger partial charge in [-0.3, -0.25) is 14.4 Å². The highest BCUT2D eigenvalue weighted by Crippen LogP contribution is 2.31. The zero-order chi connectivity index (χ0) is 19.5. The highest BCUT2D eigenvalue weighted by molar-refractivity contribution is 7.15. The molecule has 0 radical (unpaired) electrons. The Morgan fingerprint density at radius 2 is 2.14 bits per heavy atom. The largest absolute Gasteiger partial charge is 0.371 e. The highest BCUT2D eigenvalue weighted by atomic mass is 32.1. The molecule has 3 amide bonds. The average Bonchev–Trinajstić information content (AvgIpc) is 3.34. The minimum Gasteiger partial charge on any atom is -0.371 e. The number of ether oxygens (including phenoxy) is 1. The van der Waals surface area contributed by atoms with Crippen LogP contribution in [0.1, 0.15) is 47.2 Å². The molecule has 0 saturated carbocycles. The van der Waals surface area contributed by atoms with Crippen LogP contribution in [-0.2, 0) is 14.3 Å². The molecule has 9 nitrogen and oxygen atoms in total. The van der Waals surface area contributed by atoms with Gasteiger partial charge in [0.05, 0.1) is 11.3 Å². The van der Waals surface area contributed by atoms with E-state index in [1.54, 1.807) is 24.3 Å². The summed E-state index contributed by atoms with van der Waals surface area (Å²) in [6, 6.07) is 5.99. The molecule has 2 aliphatic rings. The molecule has 4 rings (SSSR count). The van der Waals surface area contributed by atoms with Crippen LogP contribution in [0.2, 0.25) is 0 Å². The maximum Gasteiger partial charge on any atom is 0.254 e. The number of nitrogens with zero attached hydrogens (tertiary/aromatic N) is 2. The van der Waals surface area contributed by atoms with E-state index < -0.39 is 6.04 Å². The number of amides is 3. The molecule has 0 bridgehead atoms. The van der Waals surface area contributed by atoms with E-state index in [9.17, 15) is 14.4 Å². The molecule has 28 heavy (non-hydrogen) atoms. The number of carbonyl (C=O) groups is 3. The summed E-state index contributed by atoms with van der Waals surface area (Å²) in [6.45, 7) is 0.713. The molecule has 2 aliphatic heterocycles. The highest BCUT2D eigenvalue weighted by Gasteiger charge is 2.28. The van der Waals surface area contributed by atoms with E-state index in [0.29, 0.717) is 23.0 Å². The predicted octanol–water partition coefficient (Wildman–Crippen LogP) is 1.86. The van der Waals surface area contributed by atoms with Crippen LogP contribution in [0.3, 0.4) is 0 Å². The molecule has 10 heteroatoms. The van der Waals surface area contributed by atoms with Crippen LogP contribution in [0.25, 0.3) is 0 Å². The van der Waals surface area contributed by atoms with E-state index in [4.69, 9.17) is 4.74 Å². The summed E-state index contributed by atoms with van der Waals surface area (Å²) in [4.78, 5) is 36.9. The third kappa shape index (κ3) is 4.02. The lowest BCUT2D eigenvalue weighted by Gasteiger charge is -2.13. The minimum absolute atomic E-state index is 0.0466. The van der Waals surface area contributed by atoms with Gasteiger partial charge < -0.3 is 20.7 Å². The van der Waals surface area contributed by atoms with E-state index in [-0.39, 0.29) is 36.7 Å². The Labute approximate surface area is 164 Å². The number of para-hydroxylation sites is 1. The fourth-order valence-electron chi connectivity index (χ4n) is 3.16. The Morgan fingerprint density at radius 1 is 1.29 bits per heavy atom. The van der Waals surface area contributed by atoms with E-state index >= 15 is 0 Å². The Morgan fingerprint density at radius 3 is 2.96 bits per heavy atom. The van der Waals surface area contributed by atoms with Gasteiger partial charge in [0.15, 0.2) is 0 Å². The molecule has 1 aromatic carbocycles. The summed E-state index contributed by atoms with van der Waals surface area (Å²) in [6.07, 6.45) is 2.08. The molecule has 2 aromatic rings. The third-order valence-corrected chi connectivity index (χ3v) is 5.53. The number of hydrogen-bond acceptors (Lipinski definition) is 7. The Hall–Kier alpha value is -2.85. The quantitative estimate of drug-likeness (QED) is 0.703. The minimum atomic E-state index is -0.789. The van der Waals surface area contributed by atoms with Gasteiger partial charge in [-0.1, -0.05) is 23.5 Å². The van der Waals surface area contributed by atoms with Crippen molar-refractivity contribution in [3.63, 3.8) is 0 Å². The van der Waals surface area contributed by atoms with Crippen molar-refractivity contribution in [2.24, 2.45) is 0 Å². The third-order valence-electron chi connectivity index (χ3n) is 4.60. The summed E-state index contributed by atoms with van der Waals surface area (Å²) in [5, 5.41) is 17.3. The first-order chi connectivity index (χ1) is 13.6. The second kappa shape index (κ2) is 8.03. The van der Waals surface area contributed by atoms with Crippen molar-refractivity contribution >= 4 is 39.9 Å². The molecular formula is C18H19N5O4S. The van der Waals surface area contributed by atoms with E-state index in [1.807, 2.05) is 0 Å². The van der Waals surface area contributed by atoms with Crippen LogP contribution in [0.4, 0.5) is 10.8 Å². The molecular weight excluding hydrogens is 382 g/mol. The number of nitrogens with one attached hydrogen (secondary N) is 3. The maximum atomic E-state index is 12.4. The second-order valence-electron chi connectivity index (χ2n) is 6.59. The summed E-state index contributed by atoms with van der Waals surface area (Å²) < 4.78 is 5.56. The number of anilines is 2. The summed E-state index contributed by atoms with van der Waals surface area (Å²) in [5.41, 5.74) is 0.866. The van der Waals surface area contributed by atoms with Crippen LogP contribution in [0.5, 0.6) is 0 Å². The van der Waals surface area contributed by atoms with Gasteiger partial charge in [0.2, 0.25) is 16.9 Å². The molecule has 2 atom stereocenters. The van der Waals surface area contributed by atoms with E-state index in [1.165, 1.54) is 11.3 Å². The smallest absolute Gasteiger partial charge is 0.254 e. The molecule has 3 heterocycles. The molecule has 2 unspecified atom stereocenters. The number of aromatic nitrogens is 2. The Bertz CT molecular complexity index is 909. The molecule has 1 fully saturated rings. The van der Waals surface area contributed by atoms with Crippen molar-refractivity contribution in [1.82, 2.24) is 15.5 Å². The lowest BCUT2D eigenvalue weighted by atomic mass is 10.1. The number of rotatable bonds is 5. The lowest BCUT2D eigenvalue weighted by molar-refractivity contribution is -0.118. The van der Waals surface area contributed by atoms with Crippen molar-refractivity contribution in [2.45, 2.75) is 37.8 Å². The normalized spacial score (nSPS) is 21.4. The zero-order valence-corrected chi connectivity index (χ0v) is 15.8. The molecule has 1 saturated heterocycles. The van der Waals surface area contributed by atoms with Gasteiger partial charge in [-0.25, -0.2) is 0 Å². The van der Waals surface area contributed by atoms with Crippen LogP contribution in [0.15, 0.2) is 24.3 Å². The SMILES string of the molecule is O=C(CCC1NC(=O)c2ccccc2NC1=O)Nc1nnc(C2CCCO2)s1. The van der Waals surface area contributed by atoms with Crippen molar-refractivity contribution in [1.29, 1.82) is 0 Å². The van der Waals surface area contributed by atoms with Gasteiger partial charge in [0, 0.05) is 13.0 Å². The molecule has 1 aromatic heterocycles. The first-order valence-corrected chi connectivity index (χ1v) is 9.87. The lowest BCUT2D eigenvalue weighted by Crippen LogP contribution is -2.41. The van der Waals surface area contributed by atoms with E-state index in [2.05, 4.69) is 26.1 Å². The van der Waals surface area contributed by atoms with Crippen molar-refractivity contribution in [3.05, 3.63) is 34.8 Å². The monoisotopic (exact) mass is 401 g/mol. The van der Waals surface area contributed by atoms with Crippen molar-refractivity contribution < 1.29 is 19.1 Å². The first kappa shape index (κ1) is 18.5. The summed E-state index contributed by atoms with van der Waals surface area (Å²) in [5.74, 6) is -0.980. The predicted molar refractivity (Wildman–Crippen MR) is 102 cm³/mol. The van der Waals surface area contributed by atoms with Gasteiger partial charge >= 0.3 is 0 Å². The summed E-state index contributed by atoms with van der Waals surface area (Å²) in [7, 11) is 0. The van der Waals surface area contributed by atoms with E-state index in [0.717, 1.165) is 17.8 Å². The van der Waals surface area contributed by atoms with Gasteiger partial charge in [-0.05, 0) is 31.4 Å². The zero-order valence-electron chi connectivity index (χ0n) is 14.9. The van der Waals surface area contributed by atoms with Crippen molar-refractivity contribution in [2.75, 3.05) is 17.2 Å². The molecule has 3 N–H and O–H groups in total. The standard InChI is InChI=1S/C18H19N5O4S/c24-14(21-18-23-22-17(28-18)13-6-3-9-27-13)8-7-12-16(26)19-11-5-2-1-4-10(11)15(25)20-12/h1-2,4-5,12-13H,3,6-9H2,(H,19,26)(H,20,25)(H,21,23,24). The van der Waals surface area contributed by atoms with Gasteiger partial charge in [0.25, 0.3) is 5.91 Å². The Kier molecular flexibility index (Phi) is 5.31. The number of hydrogen-bond donors (Lipinski definition) is 3. The fraction of sp³-hybridized carbons (Fsp3) is 0.389. The van der Waals surface area contributed by atoms with Crippen LogP contribution >= 0.6 is 11.3 Å². The van der Waals surface area contributed by atoms with Crippen LogP contribution < -0.4 is 16.0 Å². The Balaban J connectivity index is 1.32. The van der Waals surface area contributed by atoms with Crippen LogP contribution in [-0.4, -0.2) is 40.6 Å². The summed E-state index contributed by atoms with van der Waals surface area (Å²) >= 11 is 1.29. The second-order valence-corrected chi connectivity index (χ2v) is 7.60. The maximum absolute atomic E-state index is 12.4. The van der Waals surface area contributed by atoms with Gasteiger partial charge in [-0.2, -0.15) is 0 Å². The average molecular weight is 401 g/mol. The van der Waals surface area contributed by atoms with Gasteiger partial charge in [0.1, 0.15) is 17.2 Å². The number of carbonyl (C=O) groups excluding carboxylic acids is 3. The molecule has 0 spiro atoms. The molecule has 0 aliphatic carbocycles. The van der Waals surface area contributed by atoms with Crippen LogP contribution in [0, 0.1) is 0 Å². The molecule has 146 valence electrons. The van der Waals surface area contributed by atoms with Crippen molar-refractivity contribution in [3.8, 4) is 0 Å². The first-order valence-electron chi connectivity index (χ1n) is 9.06. The topological polar surface area (TPSA) is 122 Å². The number of fused-ring (bicyclic) bond motifs is 1. The fourth-order valence-corrected chi connectivity index (χ4v) is 4.00. The number of benzene rings is 1.